The molecule has 0 fully saturated rings. The smallest absolute Gasteiger partial charge is 0.264 e. The number of hydrogen-bond donors (Lipinski definition) is 2. The number of rotatable bonds is 9. The van der Waals surface area contributed by atoms with Gasteiger partial charge in [0.05, 0.1) is 5.75 Å². The van der Waals surface area contributed by atoms with Crippen molar-refractivity contribution in [3.63, 3.8) is 0 Å². The van der Waals surface area contributed by atoms with Gasteiger partial charge in [0.15, 0.2) is 0 Å². The van der Waals surface area contributed by atoms with Crippen molar-refractivity contribution in [1.29, 1.82) is 0 Å². The molecule has 0 saturated heterocycles. The number of benzene rings is 3. The Labute approximate surface area is 210 Å². The molecule has 3 aromatic carbocycles. The van der Waals surface area contributed by atoms with Crippen LogP contribution in [0.2, 0.25) is 5.02 Å². The number of fused-ring (bicyclic) bond motifs is 1. The van der Waals surface area contributed by atoms with Gasteiger partial charge in [0.1, 0.15) is 0 Å². The lowest BCUT2D eigenvalue weighted by atomic mass is 9.98. The third-order valence-corrected chi connectivity index (χ3v) is 7.65. The van der Waals surface area contributed by atoms with E-state index in [1.165, 1.54) is 0 Å². The molecule has 0 bridgehead atoms. The summed E-state index contributed by atoms with van der Waals surface area (Å²) < 4.78 is 26.7. The quantitative estimate of drug-likeness (QED) is 0.203. The fourth-order valence-electron chi connectivity index (χ4n) is 4.11. The summed E-state index contributed by atoms with van der Waals surface area (Å²) in [7, 11) is -3.71. The second-order valence-electron chi connectivity index (χ2n) is 8.52. The lowest BCUT2D eigenvalue weighted by Crippen LogP contribution is -2.32. The molecule has 0 unspecified atom stereocenters. The maximum atomic E-state index is 12.7. The molecule has 0 aliphatic heterocycles. The van der Waals surface area contributed by atoms with E-state index in [-0.39, 0.29) is 11.3 Å². The number of aromatic nitrogens is 1. The number of carbonyl (C=O) groups is 1. The first-order chi connectivity index (χ1) is 16.8. The number of nitrogens with one attached hydrogen (secondary N) is 2. The number of unbranched alkanes of at least 4 members (excludes halogenated alkanes) is 1. The van der Waals surface area contributed by atoms with Crippen molar-refractivity contribution in [2.75, 3.05) is 5.75 Å². The van der Waals surface area contributed by atoms with Gasteiger partial charge in [0.25, 0.3) is 5.91 Å². The molecule has 1 aromatic heterocycles. The Bertz CT molecular complexity index is 1490. The number of aromatic amines is 1. The molecule has 7 heteroatoms. The van der Waals surface area contributed by atoms with Gasteiger partial charge in [0, 0.05) is 33.6 Å². The molecule has 4 rings (SSSR count). The van der Waals surface area contributed by atoms with E-state index in [4.69, 9.17) is 11.6 Å². The highest BCUT2D eigenvalue weighted by Gasteiger charge is 2.18. The van der Waals surface area contributed by atoms with Crippen molar-refractivity contribution in [2.45, 2.75) is 26.2 Å². The Kier molecular flexibility index (Phi) is 7.43. The van der Waals surface area contributed by atoms with Crippen LogP contribution in [0.5, 0.6) is 0 Å². The zero-order valence-electron chi connectivity index (χ0n) is 19.5. The van der Waals surface area contributed by atoms with E-state index in [0.29, 0.717) is 24.3 Å². The summed E-state index contributed by atoms with van der Waals surface area (Å²) in [6.45, 7) is 5.57. The van der Waals surface area contributed by atoms with Crippen LogP contribution in [-0.4, -0.2) is 25.1 Å². The predicted octanol–water partition coefficient (Wildman–Crippen LogP) is 6.41. The Morgan fingerprint density at radius 2 is 1.83 bits per heavy atom. The van der Waals surface area contributed by atoms with E-state index in [0.717, 1.165) is 38.9 Å². The molecule has 0 aliphatic carbocycles. The van der Waals surface area contributed by atoms with Crippen molar-refractivity contribution < 1.29 is 13.2 Å². The lowest BCUT2D eigenvalue weighted by Gasteiger charge is -2.09. The Morgan fingerprint density at radius 3 is 2.54 bits per heavy atom. The number of H-pyrrole nitrogens is 1. The highest BCUT2D eigenvalue weighted by molar-refractivity contribution is 7.90. The van der Waals surface area contributed by atoms with Crippen LogP contribution in [0.25, 0.3) is 22.0 Å². The van der Waals surface area contributed by atoms with E-state index in [1.54, 1.807) is 24.3 Å². The fraction of sp³-hybridized carbons (Fsp3) is 0.179. The molecule has 0 saturated carbocycles. The maximum absolute atomic E-state index is 12.7. The number of sulfonamides is 1. The number of hydrogen-bond acceptors (Lipinski definition) is 3. The van der Waals surface area contributed by atoms with E-state index >= 15 is 0 Å². The van der Waals surface area contributed by atoms with Crippen LogP contribution >= 0.6 is 11.6 Å². The largest absolute Gasteiger partial charge is 0.358 e. The Hall–Kier alpha value is -3.35. The lowest BCUT2D eigenvalue weighted by molar-refractivity contribution is 0.0981. The monoisotopic (exact) mass is 506 g/mol. The minimum absolute atomic E-state index is 0.126. The SMILES string of the molecule is C=CCCCS(=O)(=O)NC(=O)c1ccc2[nH]c(C)c(Cc3ccc(-c4ccccc4)cc3Cl)c2c1. The van der Waals surface area contributed by atoms with E-state index in [1.807, 2.05) is 49.4 Å². The van der Waals surface area contributed by atoms with Crippen molar-refractivity contribution in [1.82, 2.24) is 9.71 Å². The average molecular weight is 507 g/mol. The van der Waals surface area contributed by atoms with Gasteiger partial charge in [0.2, 0.25) is 10.0 Å². The minimum atomic E-state index is -3.71. The number of allylic oxidation sites excluding steroid dienone is 1. The summed E-state index contributed by atoms with van der Waals surface area (Å²) in [5, 5.41) is 1.53. The second kappa shape index (κ2) is 10.5. The van der Waals surface area contributed by atoms with Crippen LogP contribution in [0.4, 0.5) is 0 Å². The molecule has 0 atom stereocenters. The number of amides is 1. The number of halogens is 1. The molecule has 35 heavy (non-hydrogen) atoms. The molecule has 1 heterocycles. The molecule has 2 N–H and O–H groups in total. The molecule has 0 spiro atoms. The van der Waals surface area contributed by atoms with E-state index < -0.39 is 15.9 Å². The number of carbonyl (C=O) groups excluding carboxylic acids is 1. The van der Waals surface area contributed by atoms with Gasteiger partial charge in [-0.05, 0) is 66.3 Å². The summed E-state index contributed by atoms with van der Waals surface area (Å²) in [6.07, 6.45) is 3.21. The summed E-state index contributed by atoms with van der Waals surface area (Å²) in [5.74, 6) is -0.764. The van der Waals surface area contributed by atoms with Crippen LogP contribution in [0.3, 0.4) is 0 Å². The summed E-state index contributed by atoms with van der Waals surface area (Å²) >= 11 is 6.66. The highest BCUT2D eigenvalue weighted by atomic mass is 35.5. The molecule has 0 radical (unpaired) electrons. The first-order valence-corrected chi connectivity index (χ1v) is 13.4. The first kappa shape index (κ1) is 24.8. The van der Waals surface area contributed by atoms with Crippen LogP contribution in [-0.2, 0) is 16.4 Å². The van der Waals surface area contributed by atoms with Crippen molar-refractivity contribution in [3.05, 3.63) is 107 Å². The molecular formula is C28H27ClN2O3S. The summed E-state index contributed by atoms with van der Waals surface area (Å²) in [6, 6.07) is 21.2. The molecule has 5 nitrogen and oxygen atoms in total. The third kappa shape index (κ3) is 5.84. The summed E-state index contributed by atoms with van der Waals surface area (Å²) in [4.78, 5) is 16.0. The van der Waals surface area contributed by atoms with Gasteiger partial charge in [-0.3, -0.25) is 4.79 Å². The highest BCUT2D eigenvalue weighted by Crippen LogP contribution is 2.31. The maximum Gasteiger partial charge on any atom is 0.264 e. The normalized spacial score (nSPS) is 11.5. The fourth-order valence-corrected chi connectivity index (χ4v) is 5.41. The zero-order chi connectivity index (χ0) is 25.0. The van der Waals surface area contributed by atoms with Crippen molar-refractivity contribution in [2.24, 2.45) is 0 Å². The van der Waals surface area contributed by atoms with E-state index in [2.05, 4.69) is 22.4 Å². The molecule has 1 amide bonds. The Balaban J connectivity index is 1.60. The van der Waals surface area contributed by atoms with Crippen LogP contribution in [0, 0.1) is 6.92 Å². The molecule has 4 aromatic rings. The van der Waals surface area contributed by atoms with Gasteiger partial charge < -0.3 is 4.98 Å². The van der Waals surface area contributed by atoms with E-state index in [9.17, 15) is 13.2 Å². The standard InChI is InChI=1S/C28H27ClN2O3S/c1-3-4-8-15-35(33,34)31-28(32)23-13-14-27-25(17-23)24(19(2)30-27)16-22-12-11-21(18-26(22)29)20-9-6-5-7-10-20/h3,5-7,9-14,17-18,30H,1,4,8,15-16H2,2H3,(H,31,32). The van der Waals surface area contributed by atoms with Gasteiger partial charge in [-0.1, -0.05) is 60.1 Å². The topological polar surface area (TPSA) is 79.0 Å². The second-order valence-corrected chi connectivity index (χ2v) is 10.8. The zero-order valence-corrected chi connectivity index (χ0v) is 21.0. The molecule has 180 valence electrons. The van der Waals surface area contributed by atoms with Crippen molar-refractivity contribution >= 4 is 38.4 Å². The summed E-state index contributed by atoms with van der Waals surface area (Å²) in [5.41, 5.74) is 6.25. The van der Waals surface area contributed by atoms with Gasteiger partial charge in [-0.25, -0.2) is 13.1 Å². The molecular weight excluding hydrogens is 480 g/mol. The predicted molar refractivity (Wildman–Crippen MR) is 143 cm³/mol. The van der Waals surface area contributed by atoms with Crippen LogP contribution in [0.1, 0.15) is 40.0 Å². The van der Waals surface area contributed by atoms with Gasteiger partial charge in [-0.15, -0.1) is 6.58 Å². The van der Waals surface area contributed by atoms with Crippen LogP contribution < -0.4 is 4.72 Å². The van der Waals surface area contributed by atoms with Crippen LogP contribution in [0.15, 0.2) is 79.4 Å². The average Bonchev–Trinajstić information content (AvgIpc) is 3.14. The van der Waals surface area contributed by atoms with Gasteiger partial charge in [-0.2, -0.15) is 0 Å². The minimum Gasteiger partial charge on any atom is -0.358 e. The Morgan fingerprint density at radius 1 is 1.06 bits per heavy atom. The first-order valence-electron chi connectivity index (χ1n) is 11.4. The van der Waals surface area contributed by atoms with Gasteiger partial charge >= 0.3 is 0 Å². The number of aryl methyl sites for hydroxylation is 1. The third-order valence-electron chi connectivity index (χ3n) is 5.98. The molecule has 0 aliphatic rings. The van der Waals surface area contributed by atoms with Crippen molar-refractivity contribution in [3.8, 4) is 11.1 Å².